The third-order valence-electron chi connectivity index (χ3n) is 5.58. The minimum Gasteiger partial charge on any atom is -0.495 e. The summed E-state index contributed by atoms with van der Waals surface area (Å²) in [5, 5.41) is 9.94. The number of benzene rings is 2. The van der Waals surface area contributed by atoms with Crippen LogP contribution in [-0.2, 0) is 6.54 Å². The van der Waals surface area contributed by atoms with Crippen LogP contribution in [0.1, 0.15) is 21.7 Å². The Kier molecular flexibility index (Phi) is 7.24. The Bertz CT molecular complexity index is 1340. The number of hydrogen-bond acceptors (Lipinski definition) is 5. The summed E-state index contributed by atoms with van der Waals surface area (Å²) >= 11 is 7.76. The number of thioether (sulfide) groups is 1. The van der Waals surface area contributed by atoms with Crippen molar-refractivity contribution in [2.75, 3.05) is 12.9 Å². The Morgan fingerprint density at radius 3 is 2.59 bits per heavy atom. The zero-order valence-electron chi connectivity index (χ0n) is 19.3. The molecular weight excluding hydrogens is 468 g/mol. The van der Waals surface area contributed by atoms with Crippen LogP contribution >= 0.6 is 23.4 Å². The van der Waals surface area contributed by atoms with Crippen LogP contribution in [-0.4, -0.2) is 38.0 Å². The first-order valence-electron chi connectivity index (χ1n) is 10.7. The molecule has 0 atom stereocenters. The van der Waals surface area contributed by atoms with Gasteiger partial charge in [-0.25, -0.2) is 0 Å². The molecule has 174 valence electrons. The van der Waals surface area contributed by atoms with Crippen LogP contribution in [0, 0.1) is 13.8 Å². The molecule has 34 heavy (non-hydrogen) atoms. The van der Waals surface area contributed by atoms with Crippen LogP contribution in [0.15, 0.2) is 72.4 Å². The molecule has 2 aromatic carbocycles. The van der Waals surface area contributed by atoms with Crippen molar-refractivity contribution < 1.29 is 9.53 Å². The summed E-state index contributed by atoms with van der Waals surface area (Å²) < 4.78 is 9.30. The van der Waals surface area contributed by atoms with Gasteiger partial charge in [-0.15, -0.1) is 16.8 Å². The van der Waals surface area contributed by atoms with E-state index in [-0.39, 0.29) is 11.5 Å². The number of hydrogen-bond donors (Lipinski definition) is 0. The molecule has 0 aliphatic rings. The summed E-state index contributed by atoms with van der Waals surface area (Å²) in [6.45, 7) is 8.44. The molecule has 0 N–H and O–H groups in total. The first kappa shape index (κ1) is 23.9. The van der Waals surface area contributed by atoms with Crippen LogP contribution in [0.5, 0.6) is 5.75 Å². The fraction of sp³-hybridized carbons (Fsp3) is 0.192. The number of carbonyl (C=O) groups excluding carboxylic acids is 1. The van der Waals surface area contributed by atoms with E-state index in [4.69, 9.17) is 16.3 Å². The summed E-state index contributed by atoms with van der Waals surface area (Å²) in [6.07, 6.45) is 1.83. The minimum atomic E-state index is 0.0389. The van der Waals surface area contributed by atoms with Gasteiger partial charge in [-0.1, -0.05) is 59.8 Å². The fourth-order valence-corrected chi connectivity index (χ4v) is 4.95. The molecule has 0 unspecified atom stereocenters. The molecule has 0 aliphatic heterocycles. The average Bonchev–Trinajstić information content (AvgIpc) is 3.39. The summed E-state index contributed by atoms with van der Waals surface area (Å²) in [5.74, 6) is 1.52. The highest BCUT2D eigenvalue weighted by Crippen LogP contribution is 2.32. The lowest BCUT2D eigenvalue weighted by Crippen LogP contribution is -2.07. The van der Waals surface area contributed by atoms with Gasteiger partial charge in [-0.3, -0.25) is 9.36 Å². The molecule has 4 rings (SSSR count). The Balaban J connectivity index is 1.68. The number of halogens is 1. The van der Waals surface area contributed by atoms with E-state index in [2.05, 4.69) is 21.3 Å². The first-order valence-corrected chi connectivity index (χ1v) is 12.1. The first-order chi connectivity index (χ1) is 16.4. The molecule has 8 heteroatoms. The van der Waals surface area contributed by atoms with E-state index < -0.39 is 0 Å². The average molecular weight is 493 g/mol. The van der Waals surface area contributed by atoms with Crippen molar-refractivity contribution in [3.8, 4) is 22.8 Å². The number of allylic oxidation sites excluding steroid dienone is 1. The zero-order valence-corrected chi connectivity index (χ0v) is 20.9. The van der Waals surface area contributed by atoms with Crippen molar-refractivity contribution in [1.82, 2.24) is 19.3 Å². The van der Waals surface area contributed by atoms with Crippen LogP contribution in [0.25, 0.3) is 17.1 Å². The molecule has 2 aromatic heterocycles. The summed E-state index contributed by atoms with van der Waals surface area (Å²) in [5.41, 5.74) is 4.39. The van der Waals surface area contributed by atoms with Crippen molar-refractivity contribution in [3.05, 3.63) is 89.2 Å². The number of nitrogens with zero attached hydrogens (tertiary/aromatic N) is 4. The number of aryl methyl sites for hydroxylation is 1. The molecule has 0 radical (unpaired) electrons. The van der Waals surface area contributed by atoms with E-state index in [1.807, 2.05) is 73.0 Å². The van der Waals surface area contributed by atoms with E-state index >= 15 is 0 Å². The second-order valence-corrected chi connectivity index (χ2v) is 9.07. The highest BCUT2D eigenvalue weighted by atomic mass is 35.5. The minimum absolute atomic E-state index is 0.0389. The van der Waals surface area contributed by atoms with Crippen molar-refractivity contribution >= 4 is 29.1 Å². The number of methoxy groups -OCH3 is 1. The number of ketones is 1. The van der Waals surface area contributed by atoms with Crippen molar-refractivity contribution in [2.45, 2.75) is 25.5 Å². The standard InChI is InChI=1S/C26H25ClN4O2S/c1-5-13-30-17(2)14-21(18(30)3)23(32)16-34-26-29-28-25(19-9-7-6-8-10-19)31(26)20-11-12-24(33-4)22(27)15-20/h5-12,14-15H,1,13,16H2,2-4H3. The Labute approximate surface area is 208 Å². The highest BCUT2D eigenvalue weighted by Gasteiger charge is 2.20. The third-order valence-corrected chi connectivity index (χ3v) is 6.80. The number of ether oxygens (including phenoxy) is 1. The lowest BCUT2D eigenvalue weighted by molar-refractivity contribution is 0.102. The lowest BCUT2D eigenvalue weighted by atomic mass is 10.2. The molecule has 0 spiro atoms. The second-order valence-electron chi connectivity index (χ2n) is 7.72. The van der Waals surface area contributed by atoms with Crippen molar-refractivity contribution in [1.29, 1.82) is 0 Å². The predicted molar refractivity (Wildman–Crippen MR) is 138 cm³/mol. The van der Waals surface area contributed by atoms with Crippen LogP contribution < -0.4 is 4.74 Å². The van der Waals surface area contributed by atoms with E-state index in [0.717, 1.165) is 22.6 Å². The van der Waals surface area contributed by atoms with Gasteiger partial charge in [0.15, 0.2) is 16.8 Å². The van der Waals surface area contributed by atoms with E-state index in [0.29, 0.717) is 33.9 Å². The van der Waals surface area contributed by atoms with Gasteiger partial charge in [0.1, 0.15) is 5.75 Å². The van der Waals surface area contributed by atoms with Crippen LogP contribution in [0.2, 0.25) is 5.02 Å². The molecule has 0 saturated heterocycles. The summed E-state index contributed by atoms with van der Waals surface area (Å²) in [7, 11) is 1.58. The van der Waals surface area contributed by atoms with Gasteiger partial charge in [0.2, 0.25) is 0 Å². The largest absolute Gasteiger partial charge is 0.495 e. The zero-order chi connectivity index (χ0) is 24.2. The maximum atomic E-state index is 13.1. The molecule has 0 amide bonds. The lowest BCUT2D eigenvalue weighted by Gasteiger charge is -2.12. The highest BCUT2D eigenvalue weighted by molar-refractivity contribution is 7.99. The third kappa shape index (κ3) is 4.67. The SMILES string of the molecule is C=CCn1c(C)cc(C(=O)CSc2nnc(-c3ccccc3)n2-c2ccc(OC)c(Cl)c2)c1C. The molecular formula is C26H25ClN4O2S. The predicted octanol–water partition coefficient (Wildman–Crippen LogP) is 6.18. The normalized spacial score (nSPS) is 10.9. The monoisotopic (exact) mass is 492 g/mol. The molecule has 4 aromatic rings. The van der Waals surface area contributed by atoms with E-state index in [1.54, 1.807) is 13.2 Å². The molecule has 0 fully saturated rings. The fourth-order valence-electron chi connectivity index (χ4n) is 3.87. The van der Waals surface area contributed by atoms with Gasteiger partial charge in [-0.05, 0) is 38.1 Å². The maximum absolute atomic E-state index is 13.1. The van der Waals surface area contributed by atoms with Crippen LogP contribution in [0.3, 0.4) is 0 Å². The van der Waals surface area contributed by atoms with Crippen molar-refractivity contribution in [2.24, 2.45) is 0 Å². The molecule has 0 aliphatic carbocycles. The molecule has 6 nitrogen and oxygen atoms in total. The van der Waals surface area contributed by atoms with Gasteiger partial charge in [0.25, 0.3) is 0 Å². The maximum Gasteiger partial charge on any atom is 0.196 e. The van der Waals surface area contributed by atoms with Gasteiger partial charge in [-0.2, -0.15) is 0 Å². The number of Topliss-reactive ketones (excluding diaryl/α,β-unsaturated/α-hetero) is 1. The van der Waals surface area contributed by atoms with Gasteiger partial charge in [0, 0.05) is 29.1 Å². The molecule has 0 saturated carbocycles. The van der Waals surface area contributed by atoms with Gasteiger partial charge >= 0.3 is 0 Å². The number of aromatic nitrogens is 4. The van der Waals surface area contributed by atoms with Gasteiger partial charge in [0.05, 0.1) is 23.6 Å². The summed E-state index contributed by atoms with van der Waals surface area (Å²) in [6, 6.07) is 17.2. The topological polar surface area (TPSA) is 61.9 Å². The van der Waals surface area contributed by atoms with Gasteiger partial charge < -0.3 is 9.30 Å². The molecule has 0 bridgehead atoms. The van der Waals surface area contributed by atoms with E-state index in [1.165, 1.54) is 11.8 Å². The quantitative estimate of drug-likeness (QED) is 0.159. The smallest absolute Gasteiger partial charge is 0.196 e. The van der Waals surface area contributed by atoms with Crippen LogP contribution in [0.4, 0.5) is 0 Å². The summed E-state index contributed by atoms with van der Waals surface area (Å²) in [4.78, 5) is 13.1. The van der Waals surface area contributed by atoms with E-state index in [9.17, 15) is 4.79 Å². The second kappa shape index (κ2) is 10.3. The molecule has 2 heterocycles. The number of rotatable bonds is 9. The van der Waals surface area contributed by atoms with Crippen molar-refractivity contribution in [3.63, 3.8) is 0 Å². The Morgan fingerprint density at radius 2 is 1.91 bits per heavy atom. The number of carbonyl (C=O) groups is 1. The Hall–Kier alpha value is -3.29. The Morgan fingerprint density at radius 1 is 1.15 bits per heavy atom.